The maximum Gasteiger partial charge on any atom is 0.0628 e. The Balaban J connectivity index is 2.01. The van der Waals surface area contributed by atoms with E-state index in [0.717, 1.165) is 19.5 Å². The van der Waals surface area contributed by atoms with Gasteiger partial charge < -0.3 is 5.32 Å². The average Bonchev–Trinajstić information content (AvgIpc) is 2.76. The molecule has 0 aliphatic heterocycles. The van der Waals surface area contributed by atoms with Crippen molar-refractivity contribution in [2.45, 2.75) is 78.7 Å². The molecule has 1 aromatic rings. The molecule has 0 bridgehead atoms. The van der Waals surface area contributed by atoms with Gasteiger partial charge in [-0.2, -0.15) is 5.10 Å². The molecule has 1 atom stereocenters. The summed E-state index contributed by atoms with van der Waals surface area (Å²) in [5.41, 5.74) is 4.16. The van der Waals surface area contributed by atoms with E-state index in [1.807, 2.05) is 0 Å². The molecule has 2 rings (SSSR count). The van der Waals surface area contributed by atoms with Crippen LogP contribution in [0.2, 0.25) is 0 Å². The Labute approximate surface area is 130 Å². The van der Waals surface area contributed by atoms with Crippen LogP contribution in [0.25, 0.3) is 0 Å². The highest BCUT2D eigenvalue weighted by Gasteiger charge is 2.21. The molecule has 0 saturated heterocycles. The summed E-state index contributed by atoms with van der Waals surface area (Å²) >= 11 is 0. The summed E-state index contributed by atoms with van der Waals surface area (Å²) in [6.45, 7) is 11.3. The summed E-state index contributed by atoms with van der Waals surface area (Å²) < 4.78 is 2.34. The molecule has 0 amide bonds. The minimum Gasteiger partial charge on any atom is -0.316 e. The first-order valence-corrected chi connectivity index (χ1v) is 8.88. The first kappa shape index (κ1) is 16.5. The van der Waals surface area contributed by atoms with Crippen molar-refractivity contribution in [3.8, 4) is 0 Å². The smallest absolute Gasteiger partial charge is 0.0628 e. The van der Waals surface area contributed by atoms with Gasteiger partial charge in [0.05, 0.1) is 11.7 Å². The fourth-order valence-electron chi connectivity index (χ4n) is 3.62. The van der Waals surface area contributed by atoms with E-state index in [1.165, 1.54) is 55.5 Å². The standard InChI is InChI=1S/C18H33N3/c1-5-11-19-13-14(2)12-18-15(3)20-21(16(18)4)17-9-7-6-8-10-17/h14,17,19H,5-13H2,1-4H3. The molecule has 1 aliphatic carbocycles. The number of hydrogen-bond acceptors (Lipinski definition) is 2. The Kier molecular flexibility index (Phi) is 6.28. The van der Waals surface area contributed by atoms with Crippen LogP contribution in [0.5, 0.6) is 0 Å². The number of nitrogens with one attached hydrogen (secondary N) is 1. The van der Waals surface area contributed by atoms with E-state index >= 15 is 0 Å². The Morgan fingerprint density at radius 2 is 1.95 bits per heavy atom. The first-order chi connectivity index (χ1) is 10.1. The van der Waals surface area contributed by atoms with Crippen LogP contribution < -0.4 is 5.32 Å². The van der Waals surface area contributed by atoms with Gasteiger partial charge in [-0.3, -0.25) is 4.68 Å². The van der Waals surface area contributed by atoms with Crippen molar-refractivity contribution in [1.82, 2.24) is 15.1 Å². The predicted molar refractivity (Wildman–Crippen MR) is 89.9 cm³/mol. The van der Waals surface area contributed by atoms with Gasteiger partial charge in [-0.1, -0.05) is 33.1 Å². The monoisotopic (exact) mass is 291 g/mol. The Hall–Kier alpha value is -0.830. The highest BCUT2D eigenvalue weighted by molar-refractivity contribution is 5.25. The van der Waals surface area contributed by atoms with E-state index in [-0.39, 0.29) is 0 Å². The lowest BCUT2D eigenvalue weighted by atomic mass is 9.95. The number of rotatable bonds is 7. The molecule has 1 aromatic heterocycles. The third-order valence-electron chi connectivity index (χ3n) is 4.87. The van der Waals surface area contributed by atoms with Crippen LogP contribution in [0.1, 0.15) is 75.4 Å². The van der Waals surface area contributed by atoms with E-state index in [2.05, 4.69) is 37.7 Å². The highest BCUT2D eigenvalue weighted by Crippen LogP contribution is 2.30. The molecule has 3 heteroatoms. The maximum absolute atomic E-state index is 4.88. The SMILES string of the molecule is CCCNCC(C)Cc1c(C)nn(C2CCCCC2)c1C. The van der Waals surface area contributed by atoms with E-state index < -0.39 is 0 Å². The second-order valence-corrected chi connectivity index (χ2v) is 6.90. The number of aromatic nitrogens is 2. The molecular weight excluding hydrogens is 258 g/mol. The molecule has 1 unspecified atom stereocenters. The largest absolute Gasteiger partial charge is 0.316 e. The molecule has 3 nitrogen and oxygen atoms in total. The fraction of sp³-hybridized carbons (Fsp3) is 0.833. The lowest BCUT2D eigenvalue weighted by Crippen LogP contribution is -2.23. The minimum absolute atomic E-state index is 0.653. The van der Waals surface area contributed by atoms with Gasteiger partial charge in [-0.25, -0.2) is 0 Å². The summed E-state index contributed by atoms with van der Waals surface area (Å²) in [4.78, 5) is 0. The molecule has 1 saturated carbocycles. The summed E-state index contributed by atoms with van der Waals surface area (Å²) in [5.74, 6) is 0.679. The zero-order valence-electron chi connectivity index (χ0n) is 14.4. The van der Waals surface area contributed by atoms with Gasteiger partial charge in [0.15, 0.2) is 0 Å². The minimum atomic E-state index is 0.653. The second-order valence-electron chi connectivity index (χ2n) is 6.90. The van der Waals surface area contributed by atoms with Crippen LogP contribution >= 0.6 is 0 Å². The average molecular weight is 291 g/mol. The van der Waals surface area contributed by atoms with Crippen LogP contribution in [0, 0.1) is 19.8 Å². The third kappa shape index (κ3) is 4.32. The Morgan fingerprint density at radius 3 is 2.62 bits per heavy atom. The second kappa shape index (κ2) is 7.98. The summed E-state index contributed by atoms with van der Waals surface area (Å²) in [6.07, 6.45) is 9.14. The van der Waals surface area contributed by atoms with Gasteiger partial charge in [0, 0.05) is 5.69 Å². The van der Waals surface area contributed by atoms with Crippen molar-refractivity contribution in [3.63, 3.8) is 0 Å². The van der Waals surface area contributed by atoms with Crippen molar-refractivity contribution >= 4 is 0 Å². The van der Waals surface area contributed by atoms with Crippen LogP contribution in [-0.2, 0) is 6.42 Å². The number of nitrogens with zero attached hydrogens (tertiary/aromatic N) is 2. The van der Waals surface area contributed by atoms with Crippen molar-refractivity contribution in [1.29, 1.82) is 0 Å². The highest BCUT2D eigenvalue weighted by atomic mass is 15.3. The molecule has 0 aromatic carbocycles. The van der Waals surface area contributed by atoms with Gasteiger partial charge in [0.25, 0.3) is 0 Å². The number of aryl methyl sites for hydroxylation is 1. The predicted octanol–water partition coefficient (Wildman–Crippen LogP) is 4.18. The van der Waals surface area contributed by atoms with E-state index in [9.17, 15) is 0 Å². The van der Waals surface area contributed by atoms with Crippen LogP contribution in [-0.4, -0.2) is 22.9 Å². The molecule has 1 fully saturated rings. The van der Waals surface area contributed by atoms with Crippen LogP contribution in [0.3, 0.4) is 0 Å². The van der Waals surface area contributed by atoms with Gasteiger partial charge in [-0.05, 0) is 64.1 Å². The normalized spacial score (nSPS) is 18.1. The van der Waals surface area contributed by atoms with E-state index in [0.29, 0.717) is 12.0 Å². The Bertz CT molecular complexity index is 430. The van der Waals surface area contributed by atoms with Crippen molar-refractivity contribution in [2.24, 2.45) is 5.92 Å². The van der Waals surface area contributed by atoms with Gasteiger partial charge >= 0.3 is 0 Å². The molecule has 0 spiro atoms. The van der Waals surface area contributed by atoms with Crippen molar-refractivity contribution in [2.75, 3.05) is 13.1 Å². The van der Waals surface area contributed by atoms with Gasteiger partial charge in [0.1, 0.15) is 0 Å². The molecule has 1 heterocycles. The van der Waals surface area contributed by atoms with Crippen LogP contribution in [0.15, 0.2) is 0 Å². The fourth-order valence-corrected chi connectivity index (χ4v) is 3.62. The van der Waals surface area contributed by atoms with Crippen LogP contribution in [0.4, 0.5) is 0 Å². The lowest BCUT2D eigenvalue weighted by molar-refractivity contribution is 0.323. The zero-order valence-corrected chi connectivity index (χ0v) is 14.4. The molecule has 1 aliphatic rings. The summed E-state index contributed by atoms with van der Waals surface area (Å²) in [5, 5.41) is 8.42. The number of hydrogen-bond donors (Lipinski definition) is 1. The Morgan fingerprint density at radius 1 is 1.24 bits per heavy atom. The lowest BCUT2D eigenvalue weighted by Gasteiger charge is -2.23. The van der Waals surface area contributed by atoms with Gasteiger partial charge in [0.2, 0.25) is 0 Å². The molecular formula is C18H33N3. The quantitative estimate of drug-likeness (QED) is 0.764. The van der Waals surface area contributed by atoms with E-state index in [1.54, 1.807) is 0 Å². The molecule has 21 heavy (non-hydrogen) atoms. The van der Waals surface area contributed by atoms with Gasteiger partial charge in [-0.15, -0.1) is 0 Å². The van der Waals surface area contributed by atoms with Crippen molar-refractivity contribution in [3.05, 3.63) is 17.0 Å². The molecule has 1 N–H and O–H groups in total. The topological polar surface area (TPSA) is 29.9 Å². The summed E-state index contributed by atoms with van der Waals surface area (Å²) in [7, 11) is 0. The molecule has 0 radical (unpaired) electrons. The zero-order chi connectivity index (χ0) is 15.2. The molecule has 120 valence electrons. The summed E-state index contributed by atoms with van der Waals surface area (Å²) in [6, 6.07) is 0.653. The third-order valence-corrected chi connectivity index (χ3v) is 4.87. The maximum atomic E-state index is 4.88. The first-order valence-electron chi connectivity index (χ1n) is 8.88. The van der Waals surface area contributed by atoms with Crippen molar-refractivity contribution < 1.29 is 0 Å². The van der Waals surface area contributed by atoms with E-state index in [4.69, 9.17) is 5.10 Å².